The maximum absolute atomic E-state index is 8.50. The second-order valence-electron chi connectivity index (χ2n) is 16.2. The Morgan fingerprint density at radius 3 is 1.19 bits per heavy atom. The number of hydrogen-bond donors (Lipinski definition) is 1. The van der Waals surface area contributed by atoms with Gasteiger partial charge in [-0.25, -0.2) is 0 Å². The van der Waals surface area contributed by atoms with Crippen LogP contribution in [0.2, 0.25) is 58.9 Å². The van der Waals surface area contributed by atoms with Gasteiger partial charge in [-0.15, -0.1) is 0 Å². The van der Waals surface area contributed by atoms with Gasteiger partial charge in [0.15, 0.2) is 16.6 Å². The molecule has 2 atom stereocenters. The van der Waals surface area contributed by atoms with E-state index < -0.39 is 43.0 Å². The molecular formula is C41H68N4O8Si5. The van der Waals surface area contributed by atoms with Crippen molar-refractivity contribution in [2.45, 2.75) is 110 Å². The average molecular weight is 885 g/mol. The second kappa shape index (κ2) is 25.2. The molecule has 0 aliphatic heterocycles. The number of aryl methyl sites for hydroxylation is 4. The van der Waals surface area contributed by atoms with Gasteiger partial charge in [0.2, 0.25) is 0 Å². The van der Waals surface area contributed by atoms with E-state index in [0.29, 0.717) is 19.8 Å². The maximum Gasteiger partial charge on any atom is 0.482 e. The van der Waals surface area contributed by atoms with E-state index in [9.17, 15) is 0 Å². The Morgan fingerprint density at radius 2 is 0.845 bits per heavy atom. The number of rotatable bonds is 26. The van der Waals surface area contributed by atoms with Crippen LogP contribution >= 0.6 is 0 Å². The normalized spacial score (nSPS) is 15.1. The Morgan fingerprint density at radius 1 is 0.448 bits per heavy atom. The van der Waals surface area contributed by atoms with Crippen LogP contribution < -0.4 is 0 Å². The van der Waals surface area contributed by atoms with Crippen molar-refractivity contribution in [1.29, 1.82) is 0 Å². The summed E-state index contributed by atoms with van der Waals surface area (Å²) < 4.78 is 47.2. The molecule has 0 aromatic carbocycles. The van der Waals surface area contributed by atoms with Crippen molar-refractivity contribution in [2.75, 3.05) is 26.4 Å². The van der Waals surface area contributed by atoms with Crippen LogP contribution in [0.3, 0.4) is 0 Å². The molecule has 320 valence electrons. The first-order valence-corrected chi connectivity index (χ1v) is 33.9. The number of aromatic nitrogens is 4. The summed E-state index contributed by atoms with van der Waals surface area (Å²) in [6.07, 6.45) is 15.5. The molecule has 0 saturated carbocycles. The fraction of sp³-hybridized carbons (Fsp3) is 0.512. The fourth-order valence-corrected chi connectivity index (χ4v) is 24.9. The van der Waals surface area contributed by atoms with Crippen LogP contribution in [0.5, 0.6) is 0 Å². The highest BCUT2D eigenvalue weighted by molar-refractivity contribution is 6.86. The van der Waals surface area contributed by atoms with Crippen molar-refractivity contribution in [3.63, 3.8) is 0 Å². The molecule has 2 unspecified atom stereocenters. The van der Waals surface area contributed by atoms with E-state index in [1.807, 2.05) is 98.9 Å². The molecule has 12 nitrogen and oxygen atoms in total. The quantitative estimate of drug-likeness (QED) is 0.0478. The second-order valence-corrected chi connectivity index (χ2v) is 34.0. The van der Waals surface area contributed by atoms with E-state index >= 15 is 0 Å². The lowest BCUT2D eigenvalue weighted by atomic mass is 10.2. The minimum absolute atomic E-state index is 0.247. The summed E-state index contributed by atoms with van der Waals surface area (Å²) >= 11 is 0. The van der Waals surface area contributed by atoms with Crippen LogP contribution in [0.25, 0.3) is 0 Å². The summed E-state index contributed by atoms with van der Waals surface area (Å²) in [6, 6.07) is 21.8. The van der Waals surface area contributed by atoms with E-state index in [1.165, 1.54) is 0 Å². The van der Waals surface area contributed by atoms with Gasteiger partial charge in [0, 0.05) is 94.1 Å². The molecule has 0 amide bonds. The van der Waals surface area contributed by atoms with E-state index in [-0.39, 0.29) is 6.61 Å². The highest BCUT2D eigenvalue weighted by Crippen LogP contribution is 2.29. The molecule has 4 aromatic rings. The maximum atomic E-state index is 8.50. The number of nitrogens with zero attached hydrogens (tertiary/aromatic N) is 4. The SMILES string of the molecule is C[Si](C)(C)O[Si](C)(OCCCc1ccccn1)O[Si](C)(OCCCc1cccnc1)O[Si](C)(OCCCc1ccccn1)O[Si](C)(C)C.OCCCc1ccccn1. The molecule has 0 saturated heterocycles. The highest BCUT2D eigenvalue weighted by Gasteiger charge is 2.55. The molecule has 4 aromatic heterocycles. The van der Waals surface area contributed by atoms with Gasteiger partial charge in [-0.1, -0.05) is 24.3 Å². The molecule has 0 bridgehead atoms. The largest absolute Gasteiger partial charge is 0.482 e. The summed E-state index contributed by atoms with van der Waals surface area (Å²) in [5.41, 5.74) is 4.26. The number of hydrogen-bond acceptors (Lipinski definition) is 12. The van der Waals surface area contributed by atoms with E-state index in [1.54, 1.807) is 12.4 Å². The zero-order valence-corrected chi connectivity index (χ0v) is 41.3. The monoisotopic (exact) mass is 884 g/mol. The van der Waals surface area contributed by atoms with Crippen LogP contribution in [-0.4, -0.2) is 94.5 Å². The molecular weight excluding hydrogens is 817 g/mol. The Kier molecular flexibility index (Phi) is 21.6. The fourth-order valence-electron chi connectivity index (χ4n) is 6.02. The number of pyridine rings is 4. The first-order valence-electron chi connectivity index (χ1n) is 20.4. The van der Waals surface area contributed by atoms with Gasteiger partial charge in [-0.05, 0) is 139 Å². The number of aliphatic hydroxyl groups is 1. The molecule has 4 rings (SSSR count). The Labute approximate surface area is 353 Å². The van der Waals surface area contributed by atoms with E-state index in [0.717, 1.165) is 74.0 Å². The molecule has 0 fully saturated rings. The van der Waals surface area contributed by atoms with Gasteiger partial charge in [-0.3, -0.25) is 19.9 Å². The lowest BCUT2D eigenvalue weighted by Crippen LogP contribution is -2.64. The van der Waals surface area contributed by atoms with Crippen LogP contribution in [0.15, 0.2) is 97.7 Å². The standard InChI is InChI=1S/C33H57N3O7Si5.C8H11NO/c1-44(2,3)40-46(7,37-28-16-22-32-20-10-12-25-35-32)42-48(9,39-27-15-19-31-18-14-24-34-30-31)43-47(8,41-45(4,5)6)38-29-17-23-33-21-11-13-26-36-33;10-7-3-5-8-4-1-2-6-9-8/h10-14,18,20-21,24-26,30H,15-17,19,22-23,27-29H2,1-9H3;1-2,4,6,10H,3,5,7H2. The number of aliphatic hydroxyl groups excluding tert-OH is 1. The molecule has 58 heavy (non-hydrogen) atoms. The summed E-state index contributed by atoms with van der Waals surface area (Å²) in [4.78, 5) is 17.3. The summed E-state index contributed by atoms with van der Waals surface area (Å²) in [5, 5.41) is 8.50. The zero-order chi connectivity index (χ0) is 42.4. The third kappa shape index (κ3) is 22.1. The van der Waals surface area contributed by atoms with Gasteiger partial charge in [0.1, 0.15) is 0 Å². The highest BCUT2D eigenvalue weighted by atomic mass is 28.5. The van der Waals surface area contributed by atoms with Crippen LogP contribution in [0.1, 0.15) is 48.3 Å². The minimum atomic E-state index is -3.48. The molecule has 1 N–H and O–H groups in total. The van der Waals surface area contributed by atoms with Crippen molar-refractivity contribution < 1.29 is 34.8 Å². The Balaban J connectivity index is 0.000000781. The third-order valence-electron chi connectivity index (χ3n) is 8.07. The van der Waals surface area contributed by atoms with Gasteiger partial charge in [0.05, 0.1) is 0 Å². The summed E-state index contributed by atoms with van der Waals surface area (Å²) in [7, 11) is -14.2. The summed E-state index contributed by atoms with van der Waals surface area (Å²) in [5.74, 6) is 0. The first kappa shape index (κ1) is 49.7. The van der Waals surface area contributed by atoms with Gasteiger partial charge in [-0.2, -0.15) is 0 Å². The zero-order valence-electron chi connectivity index (χ0n) is 36.3. The van der Waals surface area contributed by atoms with Gasteiger partial charge >= 0.3 is 26.4 Å². The van der Waals surface area contributed by atoms with Crippen molar-refractivity contribution in [3.8, 4) is 0 Å². The average Bonchev–Trinajstić information content (AvgIpc) is 3.16. The third-order valence-corrected chi connectivity index (χ3v) is 24.1. The topological polar surface area (TPSA) is 136 Å². The Hall–Kier alpha value is -2.64. The van der Waals surface area contributed by atoms with Crippen LogP contribution in [0, 0.1) is 0 Å². The molecule has 0 spiro atoms. The molecule has 0 aliphatic carbocycles. The van der Waals surface area contributed by atoms with Crippen molar-refractivity contribution in [3.05, 3.63) is 120 Å². The van der Waals surface area contributed by atoms with Crippen molar-refractivity contribution >= 4 is 43.0 Å². The molecule has 0 radical (unpaired) electrons. The predicted molar refractivity (Wildman–Crippen MR) is 241 cm³/mol. The van der Waals surface area contributed by atoms with Crippen molar-refractivity contribution in [2.24, 2.45) is 0 Å². The van der Waals surface area contributed by atoms with Gasteiger partial charge in [0.25, 0.3) is 0 Å². The smallest absolute Gasteiger partial charge is 0.416 e. The lowest BCUT2D eigenvalue weighted by Gasteiger charge is -2.42. The predicted octanol–water partition coefficient (Wildman–Crippen LogP) is 8.57. The minimum Gasteiger partial charge on any atom is -0.416 e. The molecule has 0 aliphatic rings. The lowest BCUT2D eigenvalue weighted by molar-refractivity contribution is 0.0723. The Bertz CT molecular complexity index is 1590. The van der Waals surface area contributed by atoms with Crippen LogP contribution in [-0.2, 0) is 55.4 Å². The summed E-state index contributed by atoms with van der Waals surface area (Å²) in [6.45, 7) is 20.4. The van der Waals surface area contributed by atoms with Gasteiger partial charge < -0.3 is 34.8 Å². The first-order chi connectivity index (χ1) is 27.5. The van der Waals surface area contributed by atoms with Crippen LogP contribution in [0.4, 0.5) is 0 Å². The molecule has 4 heterocycles. The van der Waals surface area contributed by atoms with E-state index in [4.69, 9.17) is 34.8 Å². The molecule has 17 heteroatoms. The van der Waals surface area contributed by atoms with E-state index in [2.05, 4.69) is 65.3 Å². The van der Waals surface area contributed by atoms with Crippen molar-refractivity contribution in [1.82, 2.24) is 19.9 Å².